The van der Waals surface area contributed by atoms with Crippen molar-refractivity contribution in [3.8, 4) is 5.75 Å². The second-order valence-corrected chi connectivity index (χ2v) is 10.8. The molecule has 1 amide bonds. The molecule has 194 valence electrons. The van der Waals surface area contributed by atoms with E-state index in [1.54, 1.807) is 55.3 Å². The monoisotopic (exact) mass is 519 g/mol. The normalized spacial score (nSPS) is 14.6. The van der Waals surface area contributed by atoms with Gasteiger partial charge in [0.1, 0.15) is 12.3 Å². The van der Waals surface area contributed by atoms with Gasteiger partial charge in [0.2, 0.25) is 5.91 Å². The van der Waals surface area contributed by atoms with E-state index in [0.29, 0.717) is 30.1 Å². The molecule has 0 radical (unpaired) electrons. The number of benzene rings is 3. The summed E-state index contributed by atoms with van der Waals surface area (Å²) in [6.07, 6.45) is 4.23. The molecular formula is C29H33N3O4S. The van der Waals surface area contributed by atoms with E-state index in [1.807, 2.05) is 24.3 Å². The van der Waals surface area contributed by atoms with Gasteiger partial charge in [-0.15, -0.1) is 0 Å². The lowest BCUT2D eigenvalue weighted by atomic mass is 10.2. The SMILES string of the molecule is COc1ccc(S(=O)(=O)N(CC(=O)N2CCN(C/C=C/c3ccccc3)CC2)c2ccccc2)cc1C. The van der Waals surface area contributed by atoms with Crippen LogP contribution in [0.1, 0.15) is 11.1 Å². The number of nitrogens with zero attached hydrogens (tertiary/aromatic N) is 3. The second kappa shape index (κ2) is 12.1. The minimum absolute atomic E-state index is 0.123. The summed E-state index contributed by atoms with van der Waals surface area (Å²) in [7, 11) is -2.43. The zero-order valence-electron chi connectivity index (χ0n) is 21.3. The van der Waals surface area contributed by atoms with Crippen molar-refractivity contribution in [1.82, 2.24) is 9.80 Å². The van der Waals surface area contributed by atoms with Gasteiger partial charge in [-0.2, -0.15) is 0 Å². The standard InChI is InChI=1S/C29H33N3O4S/c1-24-22-27(15-16-28(24)36-2)37(34,35)32(26-13-7-4-8-14-26)23-29(33)31-20-18-30(19-21-31)17-9-12-25-10-5-3-6-11-25/h3-16,22H,17-21,23H2,1-2H3/b12-9+. The average Bonchev–Trinajstić information content (AvgIpc) is 2.93. The first kappa shape index (κ1) is 26.4. The van der Waals surface area contributed by atoms with Crippen molar-refractivity contribution >= 4 is 27.7 Å². The highest BCUT2D eigenvalue weighted by molar-refractivity contribution is 7.92. The predicted octanol–water partition coefficient (Wildman–Crippen LogP) is 4.06. The van der Waals surface area contributed by atoms with E-state index in [4.69, 9.17) is 4.74 Å². The summed E-state index contributed by atoms with van der Waals surface area (Å²) in [5, 5.41) is 0. The molecule has 1 heterocycles. The van der Waals surface area contributed by atoms with E-state index in [-0.39, 0.29) is 17.3 Å². The molecule has 0 bridgehead atoms. The number of anilines is 1. The molecule has 3 aromatic rings. The number of aryl methyl sites for hydroxylation is 1. The third-order valence-corrected chi connectivity index (χ3v) is 8.25. The summed E-state index contributed by atoms with van der Waals surface area (Å²) in [6.45, 7) is 4.93. The van der Waals surface area contributed by atoms with E-state index >= 15 is 0 Å². The lowest BCUT2D eigenvalue weighted by Crippen LogP contribution is -2.51. The first-order chi connectivity index (χ1) is 17.9. The number of methoxy groups -OCH3 is 1. The van der Waals surface area contributed by atoms with Crippen molar-refractivity contribution in [2.45, 2.75) is 11.8 Å². The number of rotatable bonds is 9. The minimum Gasteiger partial charge on any atom is -0.496 e. The molecule has 0 spiro atoms. The molecule has 7 nitrogen and oxygen atoms in total. The molecular weight excluding hydrogens is 486 g/mol. The molecule has 3 aromatic carbocycles. The maximum atomic E-state index is 13.7. The fourth-order valence-corrected chi connectivity index (χ4v) is 5.85. The van der Waals surface area contributed by atoms with E-state index in [9.17, 15) is 13.2 Å². The topological polar surface area (TPSA) is 70.2 Å². The Hall–Kier alpha value is -3.62. The van der Waals surface area contributed by atoms with E-state index < -0.39 is 10.0 Å². The summed E-state index contributed by atoms with van der Waals surface area (Å²) >= 11 is 0. The number of para-hydroxylation sites is 1. The fourth-order valence-electron chi connectivity index (χ4n) is 4.35. The summed E-state index contributed by atoms with van der Waals surface area (Å²) in [4.78, 5) is 17.5. The third-order valence-electron chi connectivity index (χ3n) is 6.48. The Bertz CT molecular complexity index is 1320. The number of amides is 1. The fraction of sp³-hybridized carbons (Fsp3) is 0.276. The van der Waals surface area contributed by atoms with Crippen molar-refractivity contribution in [2.24, 2.45) is 0 Å². The van der Waals surface area contributed by atoms with Gasteiger partial charge in [0.15, 0.2) is 0 Å². The molecule has 1 fully saturated rings. The van der Waals surface area contributed by atoms with E-state index in [0.717, 1.165) is 25.2 Å². The van der Waals surface area contributed by atoms with Crippen LogP contribution in [0.4, 0.5) is 5.69 Å². The van der Waals surface area contributed by atoms with Crippen LogP contribution < -0.4 is 9.04 Å². The smallest absolute Gasteiger partial charge is 0.264 e. The van der Waals surface area contributed by atoms with Crippen LogP contribution in [0, 0.1) is 6.92 Å². The quantitative estimate of drug-likeness (QED) is 0.427. The highest BCUT2D eigenvalue weighted by atomic mass is 32.2. The number of hydrogen-bond donors (Lipinski definition) is 0. The maximum Gasteiger partial charge on any atom is 0.264 e. The molecule has 0 saturated carbocycles. The van der Waals surface area contributed by atoms with Crippen LogP contribution in [0.15, 0.2) is 89.8 Å². The van der Waals surface area contributed by atoms with Gasteiger partial charge in [0.05, 0.1) is 17.7 Å². The molecule has 1 aliphatic rings. The summed E-state index contributed by atoms with van der Waals surface area (Å²) in [5.41, 5.74) is 2.32. The van der Waals surface area contributed by atoms with Gasteiger partial charge in [0, 0.05) is 32.7 Å². The van der Waals surface area contributed by atoms with Crippen LogP contribution in [0.25, 0.3) is 6.08 Å². The molecule has 37 heavy (non-hydrogen) atoms. The summed E-state index contributed by atoms with van der Waals surface area (Å²) in [5.74, 6) is 0.398. The Kier molecular flexibility index (Phi) is 8.63. The summed E-state index contributed by atoms with van der Waals surface area (Å²) in [6, 6.07) is 23.6. The van der Waals surface area contributed by atoms with Gasteiger partial charge in [0.25, 0.3) is 10.0 Å². The van der Waals surface area contributed by atoms with Crippen molar-refractivity contribution in [3.05, 3.63) is 96.1 Å². The molecule has 4 rings (SSSR count). The number of piperazine rings is 1. The first-order valence-electron chi connectivity index (χ1n) is 12.3. The van der Waals surface area contributed by atoms with Crippen molar-refractivity contribution in [3.63, 3.8) is 0 Å². The van der Waals surface area contributed by atoms with Gasteiger partial charge in [-0.1, -0.05) is 60.7 Å². The third kappa shape index (κ3) is 6.58. The highest BCUT2D eigenvalue weighted by Crippen LogP contribution is 2.27. The van der Waals surface area contributed by atoms with Crippen LogP contribution >= 0.6 is 0 Å². The largest absolute Gasteiger partial charge is 0.496 e. The average molecular weight is 520 g/mol. The van der Waals surface area contributed by atoms with Gasteiger partial charge < -0.3 is 9.64 Å². The molecule has 0 aromatic heterocycles. The Morgan fingerprint density at radius 1 is 0.946 bits per heavy atom. The number of hydrogen-bond acceptors (Lipinski definition) is 5. The summed E-state index contributed by atoms with van der Waals surface area (Å²) < 4.78 is 33.9. The zero-order valence-corrected chi connectivity index (χ0v) is 22.1. The van der Waals surface area contributed by atoms with Crippen LogP contribution in [0.2, 0.25) is 0 Å². The molecule has 0 unspecified atom stereocenters. The number of carbonyl (C=O) groups excluding carboxylic acids is 1. The van der Waals surface area contributed by atoms with Gasteiger partial charge in [-0.25, -0.2) is 8.42 Å². The van der Waals surface area contributed by atoms with Crippen LogP contribution in [-0.2, 0) is 14.8 Å². The zero-order chi connectivity index (χ0) is 26.3. The molecule has 8 heteroatoms. The predicted molar refractivity (Wildman–Crippen MR) is 147 cm³/mol. The molecule has 0 aliphatic carbocycles. The van der Waals surface area contributed by atoms with Gasteiger partial charge >= 0.3 is 0 Å². The number of carbonyl (C=O) groups is 1. The lowest BCUT2D eigenvalue weighted by Gasteiger charge is -2.35. The molecule has 1 aliphatic heterocycles. The highest BCUT2D eigenvalue weighted by Gasteiger charge is 2.30. The number of sulfonamides is 1. The lowest BCUT2D eigenvalue weighted by molar-refractivity contribution is -0.131. The Labute approximate surface area is 219 Å². The van der Waals surface area contributed by atoms with Crippen molar-refractivity contribution in [2.75, 3.05) is 50.7 Å². The van der Waals surface area contributed by atoms with Crippen molar-refractivity contribution in [1.29, 1.82) is 0 Å². The molecule has 1 saturated heterocycles. The second-order valence-electron chi connectivity index (χ2n) is 8.97. The van der Waals surface area contributed by atoms with Gasteiger partial charge in [-0.05, 0) is 48.4 Å². The van der Waals surface area contributed by atoms with E-state index in [2.05, 4.69) is 29.2 Å². The van der Waals surface area contributed by atoms with Crippen LogP contribution in [0.5, 0.6) is 5.75 Å². The van der Waals surface area contributed by atoms with Crippen molar-refractivity contribution < 1.29 is 17.9 Å². The number of ether oxygens (including phenoxy) is 1. The van der Waals surface area contributed by atoms with Crippen LogP contribution in [-0.4, -0.2) is 70.5 Å². The Balaban J connectivity index is 1.43. The molecule has 0 N–H and O–H groups in total. The first-order valence-corrected chi connectivity index (χ1v) is 13.8. The minimum atomic E-state index is -3.97. The maximum absolute atomic E-state index is 13.7. The Morgan fingerprint density at radius 3 is 2.22 bits per heavy atom. The molecule has 0 atom stereocenters. The van der Waals surface area contributed by atoms with Gasteiger partial charge in [-0.3, -0.25) is 14.0 Å². The Morgan fingerprint density at radius 2 is 1.59 bits per heavy atom. The van der Waals surface area contributed by atoms with Crippen LogP contribution in [0.3, 0.4) is 0 Å². The van der Waals surface area contributed by atoms with E-state index in [1.165, 1.54) is 10.4 Å².